The van der Waals surface area contributed by atoms with Crippen LogP contribution in [0, 0.1) is 17.6 Å². The van der Waals surface area contributed by atoms with Crippen LogP contribution in [0.2, 0.25) is 0 Å². The molecule has 0 radical (unpaired) electrons. The Morgan fingerprint density at radius 2 is 1.94 bits per heavy atom. The van der Waals surface area contributed by atoms with Crippen LogP contribution in [0.15, 0.2) is 18.2 Å². The second-order valence-corrected chi connectivity index (χ2v) is 5.37. The third-order valence-corrected chi connectivity index (χ3v) is 4.02. The van der Waals surface area contributed by atoms with Gasteiger partial charge >= 0.3 is 0 Å². The Bertz CT molecular complexity index is 477. The lowest BCUT2D eigenvalue weighted by atomic mass is 10.1. The lowest BCUT2D eigenvalue weighted by Crippen LogP contribution is -2.26. The number of hydrogen-bond acceptors (Lipinski definition) is 2. The molecule has 1 aliphatic heterocycles. The fraction of sp³-hybridized carbons (Fsp3) is 0.571. The minimum Gasteiger partial charge on any atom is -0.340 e. The molecule has 1 aliphatic carbocycles. The summed E-state index contributed by atoms with van der Waals surface area (Å²) in [7, 11) is 0. The molecule has 2 aliphatic rings. The van der Waals surface area contributed by atoms with Crippen LogP contribution in [0.1, 0.15) is 32.3 Å². The second kappa shape index (κ2) is 4.00. The first kappa shape index (κ1) is 12.1. The third-order valence-electron chi connectivity index (χ3n) is 4.02. The van der Waals surface area contributed by atoms with Crippen molar-refractivity contribution in [3.8, 4) is 0 Å². The average molecular weight is 254 g/mol. The van der Waals surface area contributed by atoms with Crippen LogP contribution in [0.25, 0.3) is 0 Å². The van der Waals surface area contributed by atoms with E-state index < -0.39 is 17.4 Å². The Morgan fingerprint density at radius 3 is 2.61 bits per heavy atom. The molecular weight excluding hydrogens is 238 g/mol. The van der Waals surface area contributed by atoms with Crippen molar-refractivity contribution < 1.29 is 18.3 Å². The van der Waals surface area contributed by atoms with Crippen LogP contribution in [-0.4, -0.2) is 12.2 Å². The van der Waals surface area contributed by atoms with Crippen molar-refractivity contribution in [1.82, 2.24) is 0 Å². The van der Waals surface area contributed by atoms with E-state index in [1.807, 2.05) is 0 Å². The van der Waals surface area contributed by atoms with E-state index >= 15 is 0 Å². The molecule has 1 aromatic carbocycles. The van der Waals surface area contributed by atoms with Gasteiger partial charge in [0.05, 0.1) is 12.2 Å². The van der Waals surface area contributed by atoms with Crippen molar-refractivity contribution in [2.75, 3.05) is 0 Å². The van der Waals surface area contributed by atoms with E-state index in [9.17, 15) is 8.78 Å². The summed E-state index contributed by atoms with van der Waals surface area (Å²) >= 11 is 0. The van der Waals surface area contributed by atoms with Crippen molar-refractivity contribution in [2.45, 2.75) is 44.7 Å². The molecule has 0 aromatic heterocycles. The van der Waals surface area contributed by atoms with Gasteiger partial charge in [-0.05, 0) is 37.8 Å². The van der Waals surface area contributed by atoms with Gasteiger partial charge in [-0.1, -0.05) is 13.0 Å². The van der Waals surface area contributed by atoms with Gasteiger partial charge in [0.1, 0.15) is 0 Å². The molecule has 3 rings (SSSR count). The molecule has 18 heavy (non-hydrogen) atoms. The van der Waals surface area contributed by atoms with Crippen molar-refractivity contribution >= 4 is 0 Å². The Morgan fingerprint density at radius 1 is 1.17 bits per heavy atom. The molecule has 4 heteroatoms. The smallest absolute Gasteiger partial charge is 0.192 e. The molecule has 1 saturated carbocycles. The number of ether oxygens (including phenoxy) is 2. The minimum atomic E-state index is -0.960. The molecule has 2 fully saturated rings. The minimum absolute atomic E-state index is 0.0584. The molecular formula is C14H16F2O2. The zero-order chi connectivity index (χ0) is 12.9. The molecule has 98 valence electrons. The van der Waals surface area contributed by atoms with Crippen molar-refractivity contribution in [1.29, 1.82) is 0 Å². The van der Waals surface area contributed by atoms with E-state index in [4.69, 9.17) is 9.47 Å². The molecule has 1 saturated heterocycles. The van der Waals surface area contributed by atoms with Gasteiger partial charge in [0, 0.05) is 5.56 Å². The summed E-state index contributed by atoms with van der Waals surface area (Å²) in [5, 5.41) is 0. The van der Waals surface area contributed by atoms with Crippen LogP contribution in [0.5, 0.6) is 0 Å². The maximum Gasteiger partial charge on any atom is 0.192 e. The van der Waals surface area contributed by atoms with Crippen LogP contribution >= 0.6 is 0 Å². The van der Waals surface area contributed by atoms with Gasteiger partial charge in [0.15, 0.2) is 17.4 Å². The number of rotatable bonds is 1. The van der Waals surface area contributed by atoms with Gasteiger partial charge < -0.3 is 9.47 Å². The van der Waals surface area contributed by atoms with Gasteiger partial charge in [-0.25, -0.2) is 8.78 Å². The highest BCUT2D eigenvalue weighted by atomic mass is 19.2. The zero-order valence-corrected chi connectivity index (χ0v) is 10.5. The maximum atomic E-state index is 13.3. The number of hydrogen-bond donors (Lipinski definition) is 0. The molecule has 1 heterocycles. The van der Waals surface area contributed by atoms with Crippen LogP contribution in [-0.2, 0) is 15.3 Å². The van der Waals surface area contributed by atoms with Gasteiger partial charge in [0.2, 0.25) is 0 Å². The van der Waals surface area contributed by atoms with Gasteiger partial charge in [-0.3, -0.25) is 0 Å². The Balaban J connectivity index is 1.90. The molecule has 0 N–H and O–H groups in total. The highest BCUT2D eigenvalue weighted by Gasteiger charge is 2.50. The summed E-state index contributed by atoms with van der Waals surface area (Å²) in [5.74, 6) is -2.24. The molecule has 0 bridgehead atoms. The first-order valence-corrected chi connectivity index (χ1v) is 6.31. The van der Waals surface area contributed by atoms with E-state index in [0.717, 1.165) is 25.0 Å². The normalized spacial score (nSPS) is 39.0. The largest absolute Gasteiger partial charge is 0.340 e. The van der Waals surface area contributed by atoms with E-state index in [1.165, 1.54) is 6.07 Å². The Labute approximate surface area is 105 Å². The molecule has 1 aromatic rings. The summed E-state index contributed by atoms with van der Waals surface area (Å²) in [6, 6.07) is 3.78. The predicted octanol–water partition coefficient (Wildman–Crippen LogP) is 3.35. The first-order valence-electron chi connectivity index (χ1n) is 6.31. The third kappa shape index (κ3) is 1.75. The molecule has 0 amide bonds. The van der Waals surface area contributed by atoms with E-state index in [0.29, 0.717) is 11.5 Å². The average Bonchev–Trinajstić information content (AvgIpc) is 2.83. The molecule has 4 unspecified atom stereocenters. The Hall–Kier alpha value is -1.00. The number of benzene rings is 1. The van der Waals surface area contributed by atoms with Crippen LogP contribution < -0.4 is 0 Å². The van der Waals surface area contributed by atoms with Gasteiger partial charge in [-0.2, -0.15) is 0 Å². The second-order valence-electron chi connectivity index (χ2n) is 5.37. The van der Waals surface area contributed by atoms with E-state index in [2.05, 4.69) is 6.92 Å². The van der Waals surface area contributed by atoms with E-state index in [1.54, 1.807) is 6.92 Å². The lowest BCUT2D eigenvalue weighted by molar-refractivity contribution is -0.178. The Kier molecular flexibility index (Phi) is 2.68. The fourth-order valence-electron chi connectivity index (χ4n) is 2.93. The SMILES string of the molecule is CC1CCC2OC(C)(c3ccc(F)c(F)c3)OC12. The molecule has 4 atom stereocenters. The molecule has 2 nitrogen and oxygen atoms in total. The van der Waals surface area contributed by atoms with Crippen molar-refractivity contribution in [2.24, 2.45) is 5.92 Å². The summed E-state index contributed by atoms with van der Waals surface area (Å²) in [6.45, 7) is 3.90. The summed E-state index contributed by atoms with van der Waals surface area (Å²) < 4.78 is 38.1. The van der Waals surface area contributed by atoms with Crippen molar-refractivity contribution in [3.63, 3.8) is 0 Å². The summed E-state index contributed by atoms with van der Waals surface area (Å²) in [5.41, 5.74) is 0.531. The quantitative estimate of drug-likeness (QED) is 0.765. The highest BCUT2D eigenvalue weighted by Crippen LogP contribution is 2.45. The molecule has 0 spiro atoms. The summed E-state index contributed by atoms with van der Waals surface area (Å²) in [6.07, 6.45) is 2.18. The fourth-order valence-corrected chi connectivity index (χ4v) is 2.93. The van der Waals surface area contributed by atoms with Gasteiger partial charge in [-0.15, -0.1) is 0 Å². The number of halogens is 2. The topological polar surface area (TPSA) is 18.5 Å². The first-order chi connectivity index (χ1) is 8.49. The zero-order valence-electron chi connectivity index (χ0n) is 10.5. The number of fused-ring (bicyclic) bond motifs is 1. The van der Waals surface area contributed by atoms with Gasteiger partial charge in [0.25, 0.3) is 0 Å². The monoisotopic (exact) mass is 254 g/mol. The lowest BCUT2D eigenvalue weighted by Gasteiger charge is -2.25. The van der Waals surface area contributed by atoms with Crippen molar-refractivity contribution in [3.05, 3.63) is 35.4 Å². The van der Waals surface area contributed by atoms with Crippen LogP contribution in [0.4, 0.5) is 8.78 Å². The summed E-state index contributed by atoms with van der Waals surface area (Å²) in [4.78, 5) is 0. The maximum absolute atomic E-state index is 13.3. The standard InChI is InChI=1S/C14H16F2O2/c1-8-3-6-12-13(8)18-14(2,17-12)9-4-5-10(15)11(16)7-9/h4-5,7-8,12-13H,3,6H2,1-2H3. The highest BCUT2D eigenvalue weighted by molar-refractivity contribution is 5.23. The van der Waals surface area contributed by atoms with Crippen LogP contribution in [0.3, 0.4) is 0 Å². The van der Waals surface area contributed by atoms with E-state index in [-0.39, 0.29) is 12.2 Å². The predicted molar refractivity (Wildman–Crippen MR) is 61.9 cm³/mol.